The molecule has 6 nitrogen and oxygen atoms in total. The molecule has 100 valence electrons. The number of methoxy groups -OCH3 is 1. The molecule has 0 aromatic carbocycles. The van der Waals surface area contributed by atoms with Gasteiger partial charge in [0.1, 0.15) is 5.82 Å². The Morgan fingerprint density at radius 3 is 2.39 bits per heavy atom. The number of carbonyl (C=O) groups is 1. The van der Waals surface area contributed by atoms with Gasteiger partial charge in [-0.15, -0.1) is 10.2 Å². The van der Waals surface area contributed by atoms with Crippen molar-refractivity contribution in [3.05, 3.63) is 12.1 Å². The van der Waals surface area contributed by atoms with Crippen molar-refractivity contribution in [3.63, 3.8) is 0 Å². The van der Waals surface area contributed by atoms with Crippen molar-refractivity contribution in [1.82, 2.24) is 10.2 Å². The smallest absolute Gasteiger partial charge is 0.230 e. The molecule has 1 rings (SSSR count). The van der Waals surface area contributed by atoms with Crippen LogP contribution >= 0.6 is 0 Å². The Bertz CT molecular complexity index is 384. The van der Waals surface area contributed by atoms with Gasteiger partial charge in [-0.25, -0.2) is 0 Å². The fourth-order valence-electron chi connectivity index (χ4n) is 1.08. The molecule has 6 heteroatoms. The van der Waals surface area contributed by atoms with Gasteiger partial charge in [0.15, 0.2) is 5.82 Å². The van der Waals surface area contributed by atoms with E-state index in [-0.39, 0.29) is 5.91 Å². The van der Waals surface area contributed by atoms with Gasteiger partial charge in [-0.2, -0.15) is 0 Å². The van der Waals surface area contributed by atoms with Crippen LogP contribution in [0.15, 0.2) is 12.1 Å². The van der Waals surface area contributed by atoms with Crippen LogP contribution in [0.3, 0.4) is 0 Å². The van der Waals surface area contributed by atoms with Gasteiger partial charge in [0.25, 0.3) is 0 Å². The van der Waals surface area contributed by atoms with Gasteiger partial charge in [-0.05, 0) is 12.1 Å². The molecule has 18 heavy (non-hydrogen) atoms. The summed E-state index contributed by atoms with van der Waals surface area (Å²) in [6.45, 7) is 6.80. The Morgan fingerprint density at radius 2 is 1.89 bits per heavy atom. The van der Waals surface area contributed by atoms with Crippen LogP contribution in [0.1, 0.15) is 20.8 Å². The maximum absolute atomic E-state index is 11.7. The average Bonchev–Trinajstić information content (AvgIpc) is 2.30. The molecule has 1 amide bonds. The van der Waals surface area contributed by atoms with Crippen molar-refractivity contribution in [2.75, 3.05) is 30.9 Å². The molecule has 0 aliphatic heterocycles. The Kier molecular flexibility index (Phi) is 5.03. The minimum Gasteiger partial charge on any atom is -0.383 e. The van der Waals surface area contributed by atoms with Crippen LogP contribution in [0.4, 0.5) is 11.6 Å². The lowest BCUT2D eigenvalue weighted by atomic mass is 9.96. The molecular weight excluding hydrogens is 232 g/mol. The number of nitrogens with zero attached hydrogens (tertiary/aromatic N) is 2. The van der Waals surface area contributed by atoms with Crippen molar-refractivity contribution in [3.8, 4) is 0 Å². The number of carbonyl (C=O) groups excluding carboxylic acids is 1. The number of nitrogens with one attached hydrogen (secondary N) is 2. The summed E-state index contributed by atoms with van der Waals surface area (Å²) < 4.78 is 4.91. The van der Waals surface area contributed by atoms with Gasteiger partial charge in [-0.1, -0.05) is 20.8 Å². The lowest BCUT2D eigenvalue weighted by molar-refractivity contribution is -0.123. The van der Waals surface area contributed by atoms with E-state index in [1.807, 2.05) is 20.8 Å². The summed E-state index contributed by atoms with van der Waals surface area (Å²) in [5.41, 5.74) is -0.447. The van der Waals surface area contributed by atoms with Gasteiger partial charge in [-0.3, -0.25) is 4.79 Å². The van der Waals surface area contributed by atoms with E-state index in [1.54, 1.807) is 19.2 Å². The maximum Gasteiger partial charge on any atom is 0.230 e. The molecule has 0 saturated heterocycles. The topological polar surface area (TPSA) is 76.1 Å². The molecule has 2 N–H and O–H groups in total. The first-order chi connectivity index (χ1) is 8.43. The van der Waals surface area contributed by atoms with E-state index < -0.39 is 5.41 Å². The second-order valence-electron chi connectivity index (χ2n) is 4.93. The molecule has 0 fully saturated rings. The Balaban J connectivity index is 2.53. The van der Waals surface area contributed by atoms with Crippen LogP contribution < -0.4 is 10.6 Å². The number of hydrogen-bond acceptors (Lipinski definition) is 5. The Labute approximate surface area is 107 Å². The van der Waals surface area contributed by atoms with Crippen molar-refractivity contribution in [2.45, 2.75) is 20.8 Å². The van der Waals surface area contributed by atoms with Gasteiger partial charge in [0.2, 0.25) is 5.91 Å². The fraction of sp³-hybridized carbons (Fsp3) is 0.583. The normalized spacial score (nSPS) is 11.1. The SMILES string of the molecule is COCCNc1ccc(NC(=O)C(C)(C)C)nn1. The molecule has 0 spiro atoms. The number of anilines is 2. The van der Waals surface area contributed by atoms with Crippen molar-refractivity contribution >= 4 is 17.5 Å². The van der Waals surface area contributed by atoms with Gasteiger partial charge in [0, 0.05) is 19.1 Å². The van der Waals surface area contributed by atoms with E-state index in [0.29, 0.717) is 24.8 Å². The van der Waals surface area contributed by atoms with Gasteiger partial charge in [0.05, 0.1) is 6.61 Å². The first-order valence-corrected chi connectivity index (χ1v) is 5.81. The molecule has 0 aliphatic rings. The molecule has 0 bridgehead atoms. The molecule has 1 heterocycles. The summed E-state index contributed by atoms with van der Waals surface area (Å²) in [4.78, 5) is 11.7. The zero-order valence-electron chi connectivity index (χ0n) is 11.3. The van der Waals surface area contributed by atoms with E-state index in [1.165, 1.54) is 0 Å². The largest absolute Gasteiger partial charge is 0.383 e. The molecule has 0 saturated carbocycles. The number of rotatable bonds is 5. The predicted molar refractivity (Wildman–Crippen MR) is 70.5 cm³/mol. The number of amides is 1. The van der Waals surface area contributed by atoms with Gasteiger partial charge >= 0.3 is 0 Å². The third-order valence-corrected chi connectivity index (χ3v) is 2.20. The molecule has 0 unspecified atom stereocenters. The molecule has 1 aromatic rings. The monoisotopic (exact) mass is 252 g/mol. The lowest BCUT2D eigenvalue weighted by Gasteiger charge is -2.16. The molecule has 0 aliphatic carbocycles. The standard InChI is InChI=1S/C12H20N4O2/c1-12(2,3)11(17)14-10-6-5-9(15-16-10)13-7-8-18-4/h5-6H,7-8H2,1-4H3,(H,13,15)(H,14,16,17). The fourth-order valence-corrected chi connectivity index (χ4v) is 1.08. The van der Waals surface area contributed by atoms with Crippen LogP contribution in [-0.4, -0.2) is 36.4 Å². The van der Waals surface area contributed by atoms with E-state index in [4.69, 9.17) is 4.74 Å². The summed E-state index contributed by atoms with van der Waals surface area (Å²) in [7, 11) is 1.64. The quantitative estimate of drug-likeness (QED) is 0.777. The number of aromatic nitrogens is 2. The Hall–Kier alpha value is -1.69. The zero-order chi connectivity index (χ0) is 13.6. The predicted octanol–water partition coefficient (Wildman–Crippen LogP) is 1.52. The van der Waals surface area contributed by atoms with E-state index in [2.05, 4.69) is 20.8 Å². The molecule has 0 atom stereocenters. The van der Waals surface area contributed by atoms with Gasteiger partial charge < -0.3 is 15.4 Å². The molecule has 0 radical (unpaired) electrons. The first kappa shape index (κ1) is 14.4. The minimum absolute atomic E-state index is 0.0862. The molecule has 1 aromatic heterocycles. The van der Waals surface area contributed by atoms with Crippen LogP contribution in [0.5, 0.6) is 0 Å². The second kappa shape index (κ2) is 6.30. The highest BCUT2D eigenvalue weighted by molar-refractivity contribution is 5.93. The van der Waals surface area contributed by atoms with E-state index >= 15 is 0 Å². The average molecular weight is 252 g/mol. The highest BCUT2D eigenvalue weighted by Gasteiger charge is 2.21. The van der Waals surface area contributed by atoms with Crippen molar-refractivity contribution < 1.29 is 9.53 Å². The van der Waals surface area contributed by atoms with Crippen LogP contribution in [0, 0.1) is 5.41 Å². The highest BCUT2D eigenvalue weighted by Crippen LogP contribution is 2.16. The highest BCUT2D eigenvalue weighted by atomic mass is 16.5. The van der Waals surface area contributed by atoms with Crippen LogP contribution in [0.25, 0.3) is 0 Å². The number of hydrogen-bond donors (Lipinski definition) is 2. The molecular formula is C12H20N4O2. The first-order valence-electron chi connectivity index (χ1n) is 5.81. The van der Waals surface area contributed by atoms with E-state index in [0.717, 1.165) is 0 Å². The third kappa shape index (κ3) is 4.67. The summed E-state index contributed by atoms with van der Waals surface area (Å²) in [5, 5.41) is 13.6. The van der Waals surface area contributed by atoms with Crippen LogP contribution in [0.2, 0.25) is 0 Å². The van der Waals surface area contributed by atoms with Crippen molar-refractivity contribution in [1.29, 1.82) is 0 Å². The minimum atomic E-state index is -0.447. The summed E-state index contributed by atoms with van der Waals surface area (Å²) >= 11 is 0. The second-order valence-corrected chi connectivity index (χ2v) is 4.93. The third-order valence-electron chi connectivity index (χ3n) is 2.20. The summed E-state index contributed by atoms with van der Waals surface area (Å²) in [6, 6.07) is 3.48. The zero-order valence-corrected chi connectivity index (χ0v) is 11.3. The maximum atomic E-state index is 11.7. The summed E-state index contributed by atoms with van der Waals surface area (Å²) in [6.07, 6.45) is 0. The van der Waals surface area contributed by atoms with Crippen LogP contribution in [-0.2, 0) is 9.53 Å². The lowest BCUT2D eigenvalue weighted by Crippen LogP contribution is -2.28. The van der Waals surface area contributed by atoms with E-state index in [9.17, 15) is 4.79 Å². The van der Waals surface area contributed by atoms with Crippen molar-refractivity contribution in [2.24, 2.45) is 5.41 Å². The summed E-state index contributed by atoms with van der Waals surface area (Å²) in [5.74, 6) is 1.02. The Morgan fingerprint density at radius 1 is 1.28 bits per heavy atom. The number of ether oxygens (including phenoxy) is 1.